The summed E-state index contributed by atoms with van der Waals surface area (Å²) in [6.07, 6.45) is 0. The van der Waals surface area contributed by atoms with Gasteiger partial charge in [-0.1, -0.05) is 29.3 Å². The second-order valence-electron chi connectivity index (χ2n) is 5.02. The van der Waals surface area contributed by atoms with Crippen molar-refractivity contribution in [3.05, 3.63) is 52.5 Å². The molecule has 0 saturated heterocycles. The van der Waals surface area contributed by atoms with Crippen molar-refractivity contribution < 1.29 is 8.42 Å². The number of rotatable bonds is 4. The van der Waals surface area contributed by atoms with Gasteiger partial charge in [-0.2, -0.15) is 0 Å². The molecule has 2 aromatic carbocycles. The van der Waals surface area contributed by atoms with Crippen LogP contribution in [0.15, 0.2) is 47.4 Å². The molecule has 0 unspecified atom stereocenters. The average Bonchev–Trinajstić information content (AvgIpc) is 2.51. The third-order valence-corrected chi connectivity index (χ3v) is 5.80. The second-order valence-corrected chi connectivity index (χ2v) is 8.40. The van der Waals surface area contributed by atoms with Gasteiger partial charge in [0.1, 0.15) is 0 Å². The molecular weight excluding hydrogens is 389 g/mol. The van der Waals surface area contributed by atoms with E-state index in [1.54, 1.807) is 30.3 Å². The first-order chi connectivity index (χ1) is 11.2. The number of anilines is 2. The summed E-state index contributed by atoms with van der Waals surface area (Å²) >= 11 is 17.0. The minimum absolute atomic E-state index is 0.176. The van der Waals surface area contributed by atoms with Gasteiger partial charge in [-0.15, -0.1) is 0 Å². The molecule has 0 saturated carbocycles. The lowest BCUT2D eigenvalue weighted by molar-refractivity contribution is 0.521. The van der Waals surface area contributed by atoms with Crippen molar-refractivity contribution in [2.75, 3.05) is 24.7 Å². The van der Waals surface area contributed by atoms with Crippen LogP contribution in [0, 0.1) is 0 Å². The minimum Gasteiger partial charge on any atom is -0.332 e. The monoisotopic (exact) mass is 403 g/mol. The molecule has 0 spiro atoms. The highest BCUT2D eigenvalue weighted by atomic mass is 35.5. The molecule has 0 aliphatic heterocycles. The molecule has 0 atom stereocenters. The maximum atomic E-state index is 12.2. The molecule has 2 aromatic rings. The van der Waals surface area contributed by atoms with E-state index >= 15 is 0 Å². The molecule has 5 nitrogen and oxygen atoms in total. The lowest BCUT2D eigenvalue weighted by atomic mass is 10.3. The van der Waals surface area contributed by atoms with E-state index in [0.717, 1.165) is 4.31 Å². The largest absolute Gasteiger partial charge is 0.332 e. The van der Waals surface area contributed by atoms with Gasteiger partial charge < -0.3 is 10.6 Å². The predicted molar refractivity (Wildman–Crippen MR) is 104 cm³/mol. The highest BCUT2D eigenvalue weighted by molar-refractivity contribution is 7.89. The molecule has 0 aliphatic rings. The Kier molecular flexibility index (Phi) is 6.06. The Bertz CT molecular complexity index is 871. The number of halogens is 2. The smallest absolute Gasteiger partial charge is 0.242 e. The molecule has 0 amide bonds. The fourth-order valence-electron chi connectivity index (χ4n) is 1.81. The number of nitrogens with zero attached hydrogens (tertiary/aromatic N) is 1. The summed E-state index contributed by atoms with van der Waals surface area (Å²) in [5.41, 5.74) is 1.22. The summed E-state index contributed by atoms with van der Waals surface area (Å²) in [5, 5.41) is 7.05. The molecule has 0 fully saturated rings. The van der Waals surface area contributed by atoms with Crippen molar-refractivity contribution in [1.82, 2.24) is 4.31 Å². The summed E-state index contributed by atoms with van der Waals surface area (Å²) in [4.78, 5) is 0.176. The van der Waals surface area contributed by atoms with Crippen LogP contribution in [-0.4, -0.2) is 31.9 Å². The molecule has 0 aromatic heterocycles. The summed E-state index contributed by atoms with van der Waals surface area (Å²) in [7, 11) is -0.551. The van der Waals surface area contributed by atoms with Crippen molar-refractivity contribution in [1.29, 1.82) is 0 Å². The van der Waals surface area contributed by atoms with Gasteiger partial charge in [-0.25, -0.2) is 12.7 Å². The maximum Gasteiger partial charge on any atom is 0.242 e. The minimum atomic E-state index is -3.51. The van der Waals surface area contributed by atoms with E-state index in [0.29, 0.717) is 26.5 Å². The number of nitrogens with one attached hydrogen (secondary N) is 2. The first-order valence-corrected chi connectivity index (χ1v) is 9.36. The summed E-state index contributed by atoms with van der Waals surface area (Å²) in [5.74, 6) is 0. The summed E-state index contributed by atoms with van der Waals surface area (Å²) in [6, 6.07) is 11.4. The Balaban J connectivity index is 2.13. The Morgan fingerprint density at radius 3 is 2.21 bits per heavy atom. The van der Waals surface area contributed by atoms with E-state index in [1.807, 2.05) is 0 Å². The molecule has 0 aliphatic carbocycles. The van der Waals surface area contributed by atoms with Gasteiger partial charge in [0.25, 0.3) is 0 Å². The number of hydrogen-bond donors (Lipinski definition) is 2. The van der Waals surface area contributed by atoms with Crippen LogP contribution in [0.3, 0.4) is 0 Å². The summed E-state index contributed by atoms with van der Waals surface area (Å²) < 4.78 is 25.5. The number of sulfonamides is 1. The lowest BCUT2D eigenvalue weighted by Crippen LogP contribution is -2.23. The van der Waals surface area contributed by atoms with Crippen molar-refractivity contribution >= 4 is 61.9 Å². The van der Waals surface area contributed by atoms with Crippen molar-refractivity contribution in [3.8, 4) is 0 Å². The van der Waals surface area contributed by atoms with E-state index in [4.69, 9.17) is 35.4 Å². The zero-order valence-corrected chi connectivity index (χ0v) is 16.0. The number of thiocarbonyl (C=S) groups is 1. The third kappa shape index (κ3) is 4.58. The van der Waals surface area contributed by atoms with Crippen LogP contribution >= 0.6 is 35.4 Å². The van der Waals surface area contributed by atoms with Crippen molar-refractivity contribution in [2.24, 2.45) is 0 Å². The van der Waals surface area contributed by atoms with Gasteiger partial charge in [0.2, 0.25) is 10.0 Å². The molecule has 24 heavy (non-hydrogen) atoms. The fraction of sp³-hybridized carbons (Fsp3) is 0.133. The molecule has 9 heteroatoms. The first kappa shape index (κ1) is 19.0. The van der Waals surface area contributed by atoms with E-state index in [1.165, 1.54) is 26.2 Å². The van der Waals surface area contributed by atoms with E-state index in [9.17, 15) is 8.42 Å². The zero-order chi connectivity index (χ0) is 17.9. The van der Waals surface area contributed by atoms with Crippen LogP contribution in [0.1, 0.15) is 0 Å². The lowest BCUT2D eigenvalue weighted by Gasteiger charge is -2.14. The predicted octanol–water partition coefficient (Wildman–Crippen LogP) is 4.05. The molecule has 128 valence electrons. The molecular formula is C15H15Cl2N3O2S2. The Morgan fingerprint density at radius 2 is 1.62 bits per heavy atom. The third-order valence-electron chi connectivity index (χ3n) is 3.05. The van der Waals surface area contributed by atoms with Crippen LogP contribution < -0.4 is 10.6 Å². The van der Waals surface area contributed by atoms with Gasteiger partial charge in [0, 0.05) is 25.5 Å². The quantitative estimate of drug-likeness (QED) is 0.753. The van der Waals surface area contributed by atoms with Crippen molar-refractivity contribution in [2.45, 2.75) is 4.90 Å². The highest BCUT2D eigenvalue weighted by Gasteiger charge is 2.17. The van der Waals surface area contributed by atoms with E-state index in [-0.39, 0.29) is 4.90 Å². The van der Waals surface area contributed by atoms with Crippen LogP contribution in [0.25, 0.3) is 0 Å². The fourth-order valence-corrected chi connectivity index (χ4v) is 3.29. The first-order valence-electron chi connectivity index (χ1n) is 6.76. The van der Waals surface area contributed by atoms with Crippen LogP contribution in [0.2, 0.25) is 10.0 Å². The van der Waals surface area contributed by atoms with E-state index < -0.39 is 10.0 Å². The SMILES string of the molecule is CN(C)S(=O)(=O)c1cccc(NC(=S)Nc2ccc(Cl)c(Cl)c2)c1. The molecule has 0 bridgehead atoms. The van der Waals surface area contributed by atoms with Crippen LogP contribution in [-0.2, 0) is 10.0 Å². The second kappa shape index (κ2) is 7.67. The van der Waals surface area contributed by atoms with Crippen LogP contribution in [0.5, 0.6) is 0 Å². The standard InChI is InChI=1S/C15H15Cl2N3O2S2/c1-20(2)24(21,22)12-5-3-4-10(8-12)18-15(23)19-11-6-7-13(16)14(17)9-11/h3-9H,1-2H3,(H2,18,19,23). The van der Waals surface area contributed by atoms with Gasteiger partial charge in [0.15, 0.2) is 5.11 Å². The van der Waals surface area contributed by atoms with E-state index in [2.05, 4.69) is 10.6 Å². The maximum absolute atomic E-state index is 12.2. The van der Waals surface area contributed by atoms with Crippen molar-refractivity contribution in [3.63, 3.8) is 0 Å². The molecule has 0 radical (unpaired) electrons. The normalized spacial score (nSPS) is 11.4. The number of benzene rings is 2. The summed E-state index contributed by atoms with van der Waals surface area (Å²) in [6.45, 7) is 0. The van der Waals surface area contributed by atoms with Gasteiger partial charge in [0.05, 0.1) is 14.9 Å². The molecule has 0 heterocycles. The highest BCUT2D eigenvalue weighted by Crippen LogP contribution is 2.25. The Morgan fingerprint density at radius 1 is 1.00 bits per heavy atom. The Labute approximate surface area is 156 Å². The zero-order valence-electron chi connectivity index (χ0n) is 12.9. The average molecular weight is 404 g/mol. The Hall–Kier alpha value is -1.38. The van der Waals surface area contributed by atoms with Gasteiger partial charge in [-0.05, 0) is 48.6 Å². The topological polar surface area (TPSA) is 61.4 Å². The number of hydrogen-bond acceptors (Lipinski definition) is 3. The molecule has 2 N–H and O–H groups in total. The van der Waals surface area contributed by atoms with Crippen LogP contribution in [0.4, 0.5) is 11.4 Å². The van der Waals surface area contributed by atoms with Gasteiger partial charge >= 0.3 is 0 Å². The van der Waals surface area contributed by atoms with Gasteiger partial charge in [-0.3, -0.25) is 0 Å². The molecule has 2 rings (SSSR count).